The van der Waals surface area contributed by atoms with Gasteiger partial charge < -0.3 is 9.88 Å². The van der Waals surface area contributed by atoms with Crippen molar-refractivity contribution in [3.8, 4) is 0 Å². The molecule has 1 aliphatic rings. The van der Waals surface area contributed by atoms with Gasteiger partial charge in [0.15, 0.2) is 5.43 Å². The summed E-state index contributed by atoms with van der Waals surface area (Å²) in [7, 11) is 4.27. The molecular formula is C17H23N3O. The van der Waals surface area contributed by atoms with E-state index in [4.69, 9.17) is 0 Å². The molecule has 1 aliphatic heterocycles. The van der Waals surface area contributed by atoms with Crippen LogP contribution in [-0.4, -0.2) is 48.0 Å². The molecule has 21 heavy (non-hydrogen) atoms. The van der Waals surface area contributed by atoms with E-state index in [1.807, 2.05) is 25.1 Å². The number of fused-ring (bicyclic) bond motifs is 1. The van der Waals surface area contributed by atoms with Crippen LogP contribution in [0.15, 0.2) is 29.1 Å². The topological polar surface area (TPSA) is 39.3 Å². The monoisotopic (exact) mass is 285 g/mol. The maximum absolute atomic E-state index is 12.3. The number of hydrogen-bond acceptors (Lipinski definition) is 3. The third-order valence-corrected chi connectivity index (χ3v) is 4.41. The van der Waals surface area contributed by atoms with E-state index in [2.05, 4.69) is 28.9 Å². The van der Waals surface area contributed by atoms with Crippen LogP contribution in [-0.2, 0) is 6.54 Å². The first kappa shape index (κ1) is 14.3. The quantitative estimate of drug-likeness (QED) is 0.937. The third kappa shape index (κ3) is 3.01. The number of nitrogens with zero attached hydrogens (tertiary/aromatic N) is 2. The minimum Gasteiger partial charge on any atom is -0.357 e. The number of nitrogens with one attached hydrogen (secondary N) is 1. The van der Waals surface area contributed by atoms with Gasteiger partial charge in [-0.1, -0.05) is 11.6 Å². The second-order valence-electron chi connectivity index (χ2n) is 6.35. The molecule has 1 fully saturated rings. The molecular weight excluding hydrogens is 262 g/mol. The molecule has 2 heterocycles. The van der Waals surface area contributed by atoms with Gasteiger partial charge in [0.2, 0.25) is 0 Å². The fraction of sp³-hybridized carbons (Fsp3) is 0.471. The van der Waals surface area contributed by atoms with Gasteiger partial charge >= 0.3 is 0 Å². The zero-order chi connectivity index (χ0) is 15.0. The van der Waals surface area contributed by atoms with Crippen LogP contribution in [0.25, 0.3) is 10.9 Å². The van der Waals surface area contributed by atoms with Crippen LogP contribution in [0, 0.1) is 6.92 Å². The number of likely N-dealkylation sites (tertiary alicyclic amines) is 1. The largest absolute Gasteiger partial charge is 0.357 e. The maximum atomic E-state index is 12.3. The zero-order valence-electron chi connectivity index (χ0n) is 13.0. The van der Waals surface area contributed by atoms with E-state index in [0.29, 0.717) is 6.04 Å². The van der Waals surface area contributed by atoms with Gasteiger partial charge in [-0.25, -0.2) is 0 Å². The number of benzene rings is 1. The van der Waals surface area contributed by atoms with Crippen molar-refractivity contribution < 1.29 is 0 Å². The summed E-state index contributed by atoms with van der Waals surface area (Å²) in [5.74, 6) is 0. The van der Waals surface area contributed by atoms with Crippen molar-refractivity contribution in [2.24, 2.45) is 0 Å². The Hall–Kier alpha value is -1.65. The molecule has 4 heteroatoms. The third-order valence-electron chi connectivity index (χ3n) is 4.41. The summed E-state index contributed by atoms with van der Waals surface area (Å²) in [6.07, 6.45) is 1.20. The lowest BCUT2D eigenvalue weighted by atomic mass is 10.1. The molecule has 3 rings (SSSR count). The Balaban J connectivity index is 1.82. The Kier molecular flexibility index (Phi) is 3.83. The van der Waals surface area contributed by atoms with Gasteiger partial charge in [0.25, 0.3) is 0 Å². The molecule has 0 spiro atoms. The van der Waals surface area contributed by atoms with E-state index in [1.54, 1.807) is 6.07 Å². The molecule has 1 atom stereocenters. The van der Waals surface area contributed by atoms with Crippen LogP contribution in [0.4, 0.5) is 0 Å². The van der Waals surface area contributed by atoms with Gasteiger partial charge in [-0.2, -0.15) is 0 Å². The van der Waals surface area contributed by atoms with Crippen molar-refractivity contribution in [3.05, 3.63) is 45.7 Å². The number of likely N-dealkylation sites (N-methyl/N-ethyl adjacent to an activating group) is 1. The summed E-state index contributed by atoms with van der Waals surface area (Å²) in [6.45, 7) is 5.00. The molecule has 0 saturated carbocycles. The van der Waals surface area contributed by atoms with Gasteiger partial charge in [-0.3, -0.25) is 9.69 Å². The van der Waals surface area contributed by atoms with Gasteiger partial charge in [-0.15, -0.1) is 0 Å². The predicted molar refractivity (Wildman–Crippen MR) is 86.7 cm³/mol. The van der Waals surface area contributed by atoms with Crippen LogP contribution in [0.5, 0.6) is 0 Å². The summed E-state index contributed by atoms with van der Waals surface area (Å²) >= 11 is 0. The fourth-order valence-corrected chi connectivity index (χ4v) is 3.12. The SMILES string of the molecule is Cc1ccc2[nH]c(CN3CC[C@@H](N(C)C)C3)cc(=O)c2c1. The molecule has 0 bridgehead atoms. The highest BCUT2D eigenvalue weighted by Crippen LogP contribution is 2.16. The molecule has 0 unspecified atom stereocenters. The van der Waals surface area contributed by atoms with Gasteiger partial charge in [-0.05, 0) is 39.6 Å². The standard InChI is InChI=1S/C17H23N3O/c1-12-4-5-16-15(8-12)17(21)9-13(18-16)10-20-7-6-14(11-20)19(2)3/h4-5,8-9,14H,6-7,10-11H2,1-3H3,(H,18,21)/t14-/m1/s1. The zero-order valence-corrected chi connectivity index (χ0v) is 13.0. The summed E-state index contributed by atoms with van der Waals surface area (Å²) in [5.41, 5.74) is 3.18. The van der Waals surface area contributed by atoms with E-state index in [-0.39, 0.29) is 5.43 Å². The van der Waals surface area contributed by atoms with Crippen molar-refractivity contribution >= 4 is 10.9 Å². The highest BCUT2D eigenvalue weighted by Gasteiger charge is 2.24. The number of pyridine rings is 1. The summed E-state index contributed by atoms with van der Waals surface area (Å²) in [5, 5.41) is 0.784. The van der Waals surface area contributed by atoms with Crippen molar-refractivity contribution in [1.29, 1.82) is 0 Å². The Bertz CT molecular complexity index is 705. The molecule has 1 aromatic carbocycles. The van der Waals surface area contributed by atoms with Crippen molar-refractivity contribution in [2.75, 3.05) is 27.2 Å². The molecule has 1 N–H and O–H groups in total. The molecule has 0 aliphatic carbocycles. The minimum absolute atomic E-state index is 0.116. The summed E-state index contributed by atoms with van der Waals surface area (Å²) in [4.78, 5) is 20.4. The molecule has 112 valence electrons. The summed E-state index contributed by atoms with van der Waals surface area (Å²) in [6, 6.07) is 8.38. The average molecular weight is 285 g/mol. The average Bonchev–Trinajstić information content (AvgIpc) is 2.88. The highest BCUT2D eigenvalue weighted by atomic mass is 16.1. The Morgan fingerprint density at radius 1 is 1.33 bits per heavy atom. The van der Waals surface area contributed by atoms with Crippen LogP contribution in [0.3, 0.4) is 0 Å². The van der Waals surface area contributed by atoms with E-state index < -0.39 is 0 Å². The first-order valence-corrected chi connectivity index (χ1v) is 7.54. The number of aryl methyl sites for hydroxylation is 1. The normalized spacial score (nSPS) is 19.7. The van der Waals surface area contributed by atoms with E-state index in [0.717, 1.165) is 41.8 Å². The maximum Gasteiger partial charge on any atom is 0.189 e. The van der Waals surface area contributed by atoms with Crippen LogP contribution in [0.1, 0.15) is 17.7 Å². The minimum atomic E-state index is 0.116. The first-order chi connectivity index (χ1) is 10.0. The summed E-state index contributed by atoms with van der Waals surface area (Å²) < 4.78 is 0. The molecule has 4 nitrogen and oxygen atoms in total. The Labute approximate surface area is 125 Å². The molecule has 0 amide bonds. The molecule has 0 radical (unpaired) electrons. The van der Waals surface area contributed by atoms with Gasteiger partial charge in [0.05, 0.1) is 0 Å². The van der Waals surface area contributed by atoms with Crippen molar-refractivity contribution in [1.82, 2.24) is 14.8 Å². The van der Waals surface area contributed by atoms with Crippen LogP contribution in [0.2, 0.25) is 0 Å². The number of aromatic amines is 1. The van der Waals surface area contributed by atoms with E-state index in [1.165, 1.54) is 6.42 Å². The lowest BCUT2D eigenvalue weighted by Crippen LogP contribution is -2.31. The number of rotatable bonds is 3. The Morgan fingerprint density at radius 3 is 2.86 bits per heavy atom. The predicted octanol–water partition coefficient (Wildman–Crippen LogP) is 1.97. The fourth-order valence-electron chi connectivity index (χ4n) is 3.12. The molecule has 1 aromatic heterocycles. The second-order valence-corrected chi connectivity index (χ2v) is 6.35. The lowest BCUT2D eigenvalue weighted by Gasteiger charge is -2.20. The van der Waals surface area contributed by atoms with Crippen LogP contribution < -0.4 is 5.43 Å². The van der Waals surface area contributed by atoms with Crippen molar-refractivity contribution in [2.45, 2.75) is 25.9 Å². The van der Waals surface area contributed by atoms with E-state index >= 15 is 0 Å². The molecule has 1 saturated heterocycles. The van der Waals surface area contributed by atoms with E-state index in [9.17, 15) is 4.79 Å². The van der Waals surface area contributed by atoms with Gasteiger partial charge in [0.1, 0.15) is 0 Å². The smallest absolute Gasteiger partial charge is 0.189 e. The van der Waals surface area contributed by atoms with Gasteiger partial charge in [0, 0.05) is 48.3 Å². The first-order valence-electron chi connectivity index (χ1n) is 7.54. The molecule has 2 aromatic rings. The Morgan fingerprint density at radius 2 is 2.14 bits per heavy atom. The lowest BCUT2D eigenvalue weighted by molar-refractivity contribution is 0.263. The number of H-pyrrole nitrogens is 1. The number of aromatic nitrogens is 1. The highest BCUT2D eigenvalue weighted by molar-refractivity contribution is 5.79. The van der Waals surface area contributed by atoms with Crippen molar-refractivity contribution in [3.63, 3.8) is 0 Å². The number of hydrogen-bond donors (Lipinski definition) is 1. The van der Waals surface area contributed by atoms with Crippen LogP contribution >= 0.6 is 0 Å². The second kappa shape index (κ2) is 5.62.